The number of aromatic amines is 2. The van der Waals surface area contributed by atoms with Gasteiger partial charge in [-0.2, -0.15) is 5.10 Å². The predicted molar refractivity (Wildman–Crippen MR) is 101 cm³/mol. The van der Waals surface area contributed by atoms with E-state index in [0.717, 1.165) is 11.9 Å². The normalized spacial score (nSPS) is 11.1. The Morgan fingerprint density at radius 2 is 2.00 bits per heavy atom. The Morgan fingerprint density at radius 1 is 1.15 bits per heavy atom. The highest BCUT2D eigenvalue weighted by Gasteiger charge is 2.14. The highest BCUT2D eigenvalue weighted by molar-refractivity contribution is 5.95. The largest absolute Gasteiger partial charge is 0.507 e. The standard InChI is InChI=1S/C21H18FN3O2/c22-14-8-9-20(26)16(10-14)18-11-19(25-24-18)21(27)7-3-4-13-12-23-17-6-2-1-5-15(13)17/h1-2,5-6,8-12,23,26H,3-4,7H2,(H,24,25). The minimum absolute atomic E-state index is 0.0653. The van der Waals surface area contributed by atoms with E-state index in [2.05, 4.69) is 21.2 Å². The van der Waals surface area contributed by atoms with Crippen molar-refractivity contribution in [3.8, 4) is 17.0 Å². The number of nitrogens with one attached hydrogen (secondary N) is 2. The van der Waals surface area contributed by atoms with Gasteiger partial charge in [-0.3, -0.25) is 9.89 Å². The van der Waals surface area contributed by atoms with E-state index in [1.807, 2.05) is 24.4 Å². The summed E-state index contributed by atoms with van der Waals surface area (Å²) in [5, 5.41) is 17.8. The van der Waals surface area contributed by atoms with Crippen molar-refractivity contribution in [3.05, 3.63) is 71.8 Å². The van der Waals surface area contributed by atoms with E-state index in [4.69, 9.17) is 0 Å². The van der Waals surface area contributed by atoms with Gasteiger partial charge in [0.1, 0.15) is 17.3 Å². The molecule has 2 aromatic carbocycles. The molecule has 5 nitrogen and oxygen atoms in total. The minimum atomic E-state index is -0.475. The Hall–Kier alpha value is -3.41. The summed E-state index contributed by atoms with van der Waals surface area (Å²) in [5.41, 5.74) is 3.23. The van der Waals surface area contributed by atoms with Gasteiger partial charge in [-0.25, -0.2) is 4.39 Å². The fourth-order valence-corrected chi connectivity index (χ4v) is 3.23. The molecule has 0 aliphatic carbocycles. The summed E-state index contributed by atoms with van der Waals surface area (Å²) in [7, 11) is 0. The number of phenols is 1. The summed E-state index contributed by atoms with van der Waals surface area (Å²) in [6.45, 7) is 0. The number of fused-ring (bicyclic) bond motifs is 1. The SMILES string of the molecule is O=C(CCCc1c[nH]c2ccccc12)c1cc(-c2cc(F)ccc2O)n[nH]1. The number of nitrogens with zero attached hydrogens (tertiary/aromatic N) is 1. The zero-order chi connectivity index (χ0) is 18.8. The van der Waals surface area contributed by atoms with Gasteiger partial charge < -0.3 is 10.1 Å². The van der Waals surface area contributed by atoms with Gasteiger partial charge in [-0.15, -0.1) is 0 Å². The number of aromatic nitrogens is 3. The number of carbonyl (C=O) groups is 1. The highest BCUT2D eigenvalue weighted by atomic mass is 19.1. The van der Waals surface area contributed by atoms with Gasteiger partial charge >= 0.3 is 0 Å². The molecule has 0 saturated heterocycles. The molecule has 3 N–H and O–H groups in total. The number of rotatable bonds is 6. The summed E-state index contributed by atoms with van der Waals surface area (Å²) >= 11 is 0. The Labute approximate surface area is 154 Å². The number of ketones is 1. The molecule has 0 fully saturated rings. The van der Waals surface area contributed by atoms with Crippen molar-refractivity contribution in [2.75, 3.05) is 0 Å². The average Bonchev–Trinajstić information content (AvgIpc) is 3.31. The first kappa shape index (κ1) is 17.0. The number of para-hydroxylation sites is 1. The molecule has 27 heavy (non-hydrogen) atoms. The van der Waals surface area contributed by atoms with Gasteiger partial charge in [0.05, 0.1) is 5.69 Å². The third-order valence-corrected chi connectivity index (χ3v) is 4.64. The first-order valence-corrected chi connectivity index (χ1v) is 8.74. The van der Waals surface area contributed by atoms with Crippen molar-refractivity contribution >= 4 is 16.7 Å². The molecule has 136 valence electrons. The lowest BCUT2D eigenvalue weighted by Crippen LogP contribution is -2.00. The first-order chi connectivity index (χ1) is 13.1. The molecule has 0 aliphatic heterocycles. The van der Waals surface area contributed by atoms with Crippen LogP contribution in [0.2, 0.25) is 0 Å². The molecular formula is C21H18FN3O2. The van der Waals surface area contributed by atoms with Crippen LogP contribution in [0.15, 0.2) is 54.7 Å². The Kier molecular flexibility index (Phi) is 4.46. The van der Waals surface area contributed by atoms with Crippen LogP contribution in [0, 0.1) is 5.82 Å². The van der Waals surface area contributed by atoms with E-state index in [-0.39, 0.29) is 17.1 Å². The molecule has 0 amide bonds. The van der Waals surface area contributed by atoms with Crippen LogP contribution in [0.4, 0.5) is 4.39 Å². The van der Waals surface area contributed by atoms with Crippen LogP contribution in [0.5, 0.6) is 5.75 Å². The second kappa shape index (κ2) is 7.07. The van der Waals surface area contributed by atoms with Gasteiger partial charge in [-0.1, -0.05) is 18.2 Å². The number of H-pyrrole nitrogens is 2. The summed E-state index contributed by atoms with van der Waals surface area (Å²) in [4.78, 5) is 15.7. The molecule has 2 heterocycles. The Morgan fingerprint density at radius 3 is 2.89 bits per heavy atom. The first-order valence-electron chi connectivity index (χ1n) is 8.74. The second-order valence-corrected chi connectivity index (χ2v) is 6.46. The summed E-state index contributed by atoms with van der Waals surface area (Å²) in [6, 6.07) is 13.2. The number of hydrogen-bond acceptors (Lipinski definition) is 3. The number of Topliss-reactive ketones (excluding diaryl/α,β-unsaturated/α-hetero) is 1. The maximum Gasteiger partial charge on any atom is 0.180 e. The van der Waals surface area contributed by atoms with Crippen molar-refractivity contribution < 1.29 is 14.3 Å². The van der Waals surface area contributed by atoms with Gasteiger partial charge in [0.2, 0.25) is 0 Å². The average molecular weight is 363 g/mol. The summed E-state index contributed by atoms with van der Waals surface area (Å²) < 4.78 is 13.4. The van der Waals surface area contributed by atoms with E-state index < -0.39 is 5.82 Å². The Balaban J connectivity index is 1.42. The van der Waals surface area contributed by atoms with Crippen LogP contribution in [-0.2, 0) is 6.42 Å². The zero-order valence-corrected chi connectivity index (χ0v) is 14.5. The van der Waals surface area contributed by atoms with Crippen LogP contribution in [0.25, 0.3) is 22.2 Å². The van der Waals surface area contributed by atoms with Crippen LogP contribution in [0.3, 0.4) is 0 Å². The third kappa shape index (κ3) is 3.46. The maximum atomic E-state index is 13.4. The molecule has 0 bridgehead atoms. The molecule has 0 saturated carbocycles. The maximum absolute atomic E-state index is 13.4. The third-order valence-electron chi connectivity index (χ3n) is 4.64. The van der Waals surface area contributed by atoms with E-state index in [1.165, 1.54) is 29.1 Å². The number of aromatic hydroxyl groups is 1. The van der Waals surface area contributed by atoms with Crippen molar-refractivity contribution in [1.29, 1.82) is 0 Å². The quantitative estimate of drug-likeness (QED) is 0.438. The van der Waals surface area contributed by atoms with E-state index in [1.54, 1.807) is 6.07 Å². The zero-order valence-electron chi connectivity index (χ0n) is 14.5. The predicted octanol–water partition coefficient (Wildman–Crippen LogP) is 4.61. The fraction of sp³-hybridized carbons (Fsp3) is 0.143. The fourth-order valence-electron chi connectivity index (χ4n) is 3.23. The lowest BCUT2D eigenvalue weighted by molar-refractivity contribution is 0.0975. The van der Waals surface area contributed by atoms with Gasteiger partial charge in [0.15, 0.2) is 5.78 Å². The molecule has 0 atom stereocenters. The molecule has 0 unspecified atom stereocenters. The Bertz CT molecular complexity index is 1110. The van der Waals surface area contributed by atoms with Gasteiger partial charge in [0, 0.05) is 29.1 Å². The molecule has 0 spiro atoms. The van der Waals surface area contributed by atoms with Crippen molar-refractivity contribution in [2.24, 2.45) is 0 Å². The molecule has 2 aromatic heterocycles. The van der Waals surface area contributed by atoms with Gasteiger partial charge in [-0.05, 0) is 48.7 Å². The topological polar surface area (TPSA) is 81.8 Å². The minimum Gasteiger partial charge on any atom is -0.507 e. The van der Waals surface area contributed by atoms with Crippen LogP contribution >= 0.6 is 0 Å². The smallest absolute Gasteiger partial charge is 0.180 e. The highest BCUT2D eigenvalue weighted by Crippen LogP contribution is 2.29. The lowest BCUT2D eigenvalue weighted by Gasteiger charge is -2.00. The van der Waals surface area contributed by atoms with Gasteiger partial charge in [0.25, 0.3) is 0 Å². The lowest BCUT2D eigenvalue weighted by atomic mass is 10.0. The summed E-state index contributed by atoms with van der Waals surface area (Å²) in [5.74, 6) is -0.622. The van der Waals surface area contributed by atoms with Crippen molar-refractivity contribution in [3.63, 3.8) is 0 Å². The van der Waals surface area contributed by atoms with Crippen LogP contribution in [0.1, 0.15) is 28.9 Å². The number of benzene rings is 2. The monoisotopic (exact) mass is 363 g/mol. The van der Waals surface area contributed by atoms with Crippen LogP contribution in [-0.4, -0.2) is 26.1 Å². The number of carbonyl (C=O) groups excluding carboxylic acids is 1. The van der Waals surface area contributed by atoms with E-state index >= 15 is 0 Å². The molecule has 6 heteroatoms. The number of aryl methyl sites for hydroxylation is 1. The van der Waals surface area contributed by atoms with Crippen molar-refractivity contribution in [2.45, 2.75) is 19.3 Å². The molecule has 4 rings (SSSR count). The second-order valence-electron chi connectivity index (χ2n) is 6.46. The molecule has 4 aromatic rings. The molecule has 0 aliphatic rings. The molecular weight excluding hydrogens is 345 g/mol. The van der Waals surface area contributed by atoms with Crippen molar-refractivity contribution in [1.82, 2.24) is 15.2 Å². The van der Waals surface area contributed by atoms with E-state index in [9.17, 15) is 14.3 Å². The number of phenolic OH excluding ortho intramolecular Hbond substituents is 1. The summed E-state index contributed by atoms with van der Waals surface area (Å²) in [6.07, 6.45) is 3.86. The number of hydrogen-bond donors (Lipinski definition) is 3. The molecule has 0 radical (unpaired) electrons. The number of halogens is 1. The van der Waals surface area contributed by atoms with E-state index in [0.29, 0.717) is 24.2 Å². The van der Waals surface area contributed by atoms with Crippen LogP contribution < -0.4 is 0 Å².